The Balaban J connectivity index is 1.39. The third-order valence-corrected chi connectivity index (χ3v) is 5.56. The normalized spacial score (nSPS) is 17.3. The van der Waals surface area contributed by atoms with Gasteiger partial charge in [0, 0.05) is 48.3 Å². The molecule has 0 amide bonds. The summed E-state index contributed by atoms with van der Waals surface area (Å²) in [5.74, 6) is 2.09. The van der Waals surface area contributed by atoms with Gasteiger partial charge < -0.3 is 9.64 Å². The molecule has 3 aromatic rings. The lowest BCUT2D eigenvalue weighted by Gasteiger charge is -2.40. The zero-order valence-electron chi connectivity index (χ0n) is 16.1. The third kappa shape index (κ3) is 5.18. The number of piperazine rings is 1. The fourth-order valence-electron chi connectivity index (χ4n) is 3.44. The van der Waals surface area contributed by atoms with Crippen LogP contribution < -0.4 is 9.64 Å². The average Bonchev–Trinajstić information content (AvgIpc) is 2.73. The van der Waals surface area contributed by atoms with Crippen LogP contribution in [-0.4, -0.2) is 40.5 Å². The maximum Gasteiger partial charge on any atom is 0.224 e. The van der Waals surface area contributed by atoms with Gasteiger partial charge in [0.05, 0.1) is 0 Å². The number of aromatic nitrogens is 2. The van der Waals surface area contributed by atoms with Gasteiger partial charge in [-0.1, -0.05) is 35.3 Å². The number of hydrogen-bond acceptors (Lipinski definition) is 5. The van der Waals surface area contributed by atoms with Crippen LogP contribution in [0.2, 0.25) is 10.0 Å². The highest BCUT2D eigenvalue weighted by molar-refractivity contribution is 6.30. The van der Waals surface area contributed by atoms with Gasteiger partial charge in [-0.3, -0.25) is 4.90 Å². The first kappa shape index (κ1) is 20.0. The molecule has 29 heavy (non-hydrogen) atoms. The van der Waals surface area contributed by atoms with Gasteiger partial charge in [0.2, 0.25) is 5.88 Å². The quantitative estimate of drug-likeness (QED) is 0.552. The molecule has 0 unspecified atom stereocenters. The van der Waals surface area contributed by atoms with Crippen LogP contribution in [0, 0.1) is 0 Å². The number of ether oxygens (including phenoxy) is 1. The summed E-state index contributed by atoms with van der Waals surface area (Å²) in [5, 5.41) is 1.44. The maximum absolute atomic E-state index is 5.99. The highest BCUT2D eigenvalue weighted by atomic mass is 35.5. The largest absolute Gasteiger partial charge is 0.439 e. The molecule has 0 N–H and O–H groups in total. The summed E-state index contributed by atoms with van der Waals surface area (Å²) < 4.78 is 5.84. The number of nitrogens with zero attached hydrogens (tertiary/aromatic N) is 4. The van der Waals surface area contributed by atoms with E-state index in [0.717, 1.165) is 37.0 Å². The molecule has 2 heterocycles. The lowest BCUT2D eigenvalue weighted by molar-refractivity contribution is 0.180. The summed E-state index contributed by atoms with van der Waals surface area (Å²) in [6, 6.07) is 17.6. The zero-order chi connectivity index (χ0) is 20.2. The predicted octanol–water partition coefficient (Wildman–Crippen LogP) is 5.29. The second-order valence-corrected chi connectivity index (χ2v) is 8.04. The van der Waals surface area contributed by atoms with Crippen molar-refractivity contribution >= 4 is 29.0 Å². The third-order valence-electron chi connectivity index (χ3n) is 5.05. The van der Waals surface area contributed by atoms with Crippen LogP contribution in [0.5, 0.6) is 11.6 Å². The van der Waals surface area contributed by atoms with Gasteiger partial charge in [0.25, 0.3) is 0 Å². The molecular weight excluding hydrogens is 407 g/mol. The van der Waals surface area contributed by atoms with E-state index < -0.39 is 0 Å². The van der Waals surface area contributed by atoms with Crippen molar-refractivity contribution in [3.05, 3.63) is 76.5 Å². The second kappa shape index (κ2) is 8.99. The number of rotatable bonds is 5. The van der Waals surface area contributed by atoms with E-state index in [-0.39, 0.29) is 0 Å². The molecule has 0 radical (unpaired) electrons. The molecule has 1 fully saturated rings. The van der Waals surface area contributed by atoms with Gasteiger partial charge in [-0.2, -0.15) is 0 Å². The Kier molecular flexibility index (Phi) is 6.19. The molecular formula is C22H22Cl2N4O. The predicted molar refractivity (Wildman–Crippen MR) is 117 cm³/mol. The molecule has 0 bridgehead atoms. The van der Waals surface area contributed by atoms with E-state index in [0.29, 0.717) is 22.7 Å². The first-order chi connectivity index (χ1) is 14.1. The monoisotopic (exact) mass is 428 g/mol. The fourth-order valence-corrected chi connectivity index (χ4v) is 3.70. The molecule has 1 atom stereocenters. The van der Waals surface area contributed by atoms with Crippen molar-refractivity contribution in [1.29, 1.82) is 0 Å². The molecule has 1 aromatic heterocycles. The highest BCUT2D eigenvalue weighted by Crippen LogP contribution is 2.25. The van der Waals surface area contributed by atoms with Gasteiger partial charge in [-0.15, -0.1) is 0 Å². The van der Waals surface area contributed by atoms with Gasteiger partial charge in [-0.25, -0.2) is 9.97 Å². The summed E-state index contributed by atoms with van der Waals surface area (Å²) in [7, 11) is 0. The summed E-state index contributed by atoms with van der Waals surface area (Å²) >= 11 is 11.9. The number of anilines is 1. The Labute approximate surface area is 180 Å². The van der Waals surface area contributed by atoms with Crippen molar-refractivity contribution in [2.75, 3.05) is 24.5 Å². The molecule has 1 saturated heterocycles. The van der Waals surface area contributed by atoms with Crippen LogP contribution >= 0.6 is 23.2 Å². The van der Waals surface area contributed by atoms with Crippen LogP contribution in [0.4, 0.5) is 5.82 Å². The van der Waals surface area contributed by atoms with Crippen molar-refractivity contribution in [3.63, 3.8) is 0 Å². The Morgan fingerprint density at radius 1 is 0.966 bits per heavy atom. The smallest absolute Gasteiger partial charge is 0.224 e. The lowest BCUT2D eigenvalue weighted by Crippen LogP contribution is -2.51. The maximum atomic E-state index is 5.99. The van der Waals surface area contributed by atoms with E-state index in [1.807, 2.05) is 30.3 Å². The van der Waals surface area contributed by atoms with E-state index in [9.17, 15) is 0 Å². The Bertz CT molecular complexity index is 950. The molecule has 5 nitrogen and oxygen atoms in total. The number of halogens is 2. The summed E-state index contributed by atoms with van der Waals surface area (Å²) in [4.78, 5) is 13.4. The Morgan fingerprint density at radius 2 is 1.66 bits per heavy atom. The van der Waals surface area contributed by atoms with Crippen LogP contribution in [0.3, 0.4) is 0 Å². The van der Waals surface area contributed by atoms with Gasteiger partial charge >= 0.3 is 0 Å². The number of hydrogen-bond donors (Lipinski definition) is 0. The van der Waals surface area contributed by atoms with Crippen LogP contribution in [0.1, 0.15) is 12.5 Å². The first-order valence-electron chi connectivity index (χ1n) is 9.56. The number of benzene rings is 2. The van der Waals surface area contributed by atoms with Gasteiger partial charge in [-0.05, 0) is 48.9 Å². The van der Waals surface area contributed by atoms with Crippen LogP contribution in [0.25, 0.3) is 0 Å². The van der Waals surface area contributed by atoms with Crippen molar-refractivity contribution in [2.45, 2.75) is 19.5 Å². The summed E-state index contributed by atoms with van der Waals surface area (Å²) in [6.07, 6.45) is 1.55. The molecule has 2 aromatic carbocycles. The first-order valence-corrected chi connectivity index (χ1v) is 10.3. The fraction of sp³-hybridized carbons (Fsp3) is 0.273. The van der Waals surface area contributed by atoms with Crippen molar-refractivity contribution < 1.29 is 4.74 Å². The summed E-state index contributed by atoms with van der Waals surface area (Å²) in [5.41, 5.74) is 1.27. The standard InChI is InChI=1S/C22H22Cl2N4O/c1-16-13-28(11-10-27(16)14-17-2-4-18(23)5-3-17)21-12-22(26-15-25-21)29-20-8-6-19(24)7-9-20/h2-9,12,15-16H,10-11,13-14H2,1H3/t16-/m0/s1. The van der Waals surface area contributed by atoms with Crippen molar-refractivity contribution in [1.82, 2.24) is 14.9 Å². The van der Waals surface area contributed by atoms with E-state index in [2.05, 4.69) is 38.8 Å². The SMILES string of the molecule is C[C@H]1CN(c2cc(Oc3ccc(Cl)cc3)ncn2)CCN1Cc1ccc(Cl)cc1. The second-order valence-electron chi connectivity index (χ2n) is 7.16. The van der Waals surface area contributed by atoms with E-state index >= 15 is 0 Å². The van der Waals surface area contributed by atoms with Crippen LogP contribution in [0.15, 0.2) is 60.9 Å². The topological polar surface area (TPSA) is 41.5 Å². The average molecular weight is 429 g/mol. The molecule has 150 valence electrons. The van der Waals surface area contributed by atoms with Crippen molar-refractivity contribution in [2.24, 2.45) is 0 Å². The molecule has 7 heteroatoms. The van der Waals surface area contributed by atoms with Crippen molar-refractivity contribution in [3.8, 4) is 11.6 Å². The van der Waals surface area contributed by atoms with Crippen LogP contribution in [-0.2, 0) is 6.54 Å². The Hall–Kier alpha value is -2.34. The molecule has 0 saturated carbocycles. The molecule has 4 rings (SSSR count). The molecule has 0 aliphatic carbocycles. The van der Waals surface area contributed by atoms with E-state index in [4.69, 9.17) is 27.9 Å². The van der Waals surface area contributed by atoms with E-state index in [1.165, 1.54) is 5.56 Å². The molecule has 1 aliphatic rings. The Morgan fingerprint density at radius 3 is 2.34 bits per heavy atom. The summed E-state index contributed by atoms with van der Waals surface area (Å²) in [6.45, 7) is 5.91. The van der Waals surface area contributed by atoms with Gasteiger partial charge in [0.1, 0.15) is 17.9 Å². The minimum atomic E-state index is 0.398. The van der Waals surface area contributed by atoms with E-state index in [1.54, 1.807) is 18.5 Å². The minimum absolute atomic E-state index is 0.398. The van der Waals surface area contributed by atoms with Gasteiger partial charge in [0.15, 0.2) is 0 Å². The highest BCUT2D eigenvalue weighted by Gasteiger charge is 2.25. The lowest BCUT2D eigenvalue weighted by atomic mass is 10.1. The minimum Gasteiger partial charge on any atom is -0.439 e. The molecule has 1 aliphatic heterocycles. The zero-order valence-corrected chi connectivity index (χ0v) is 17.6. The molecule has 0 spiro atoms.